The largest absolute Gasteiger partial charge is 0.389 e. The molecule has 0 heterocycles. The fourth-order valence-electron chi connectivity index (χ4n) is 0.478. The highest BCUT2D eigenvalue weighted by molar-refractivity contribution is 5.07. The van der Waals surface area contributed by atoms with Crippen LogP contribution in [0.2, 0.25) is 0 Å². The predicted octanol–water partition coefficient (Wildman–Crippen LogP) is 0.308. The minimum atomic E-state index is -0.818. The molecule has 0 aliphatic heterocycles. The molecule has 0 rings (SSSR count). The van der Waals surface area contributed by atoms with Gasteiger partial charge >= 0.3 is 0 Å². The minimum absolute atomic E-state index is 0.272. The van der Waals surface area contributed by atoms with Crippen molar-refractivity contribution in [2.24, 2.45) is 0 Å². The van der Waals surface area contributed by atoms with E-state index in [1.165, 1.54) is 0 Å². The standard InChI is InChI=1S/C8H12O2/c1-4-8(10)5-6(2)7(3)9/h1,7-10H,2,5H2,3H3/t7-,8-/m1/s1. The number of hydrogen-bond acceptors (Lipinski definition) is 2. The van der Waals surface area contributed by atoms with Gasteiger partial charge < -0.3 is 10.2 Å². The summed E-state index contributed by atoms with van der Waals surface area (Å²) in [6.45, 7) is 5.13. The van der Waals surface area contributed by atoms with Crippen molar-refractivity contribution < 1.29 is 10.2 Å². The van der Waals surface area contributed by atoms with Gasteiger partial charge in [-0.3, -0.25) is 0 Å². The van der Waals surface area contributed by atoms with Crippen molar-refractivity contribution in [3.8, 4) is 12.3 Å². The van der Waals surface area contributed by atoms with E-state index in [9.17, 15) is 0 Å². The van der Waals surface area contributed by atoms with Crippen LogP contribution in [-0.2, 0) is 0 Å². The lowest BCUT2D eigenvalue weighted by molar-refractivity contribution is 0.195. The Morgan fingerprint density at radius 2 is 2.20 bits per heavy atom. The second kappa shape index (κ2) is 4.10. The first-order valence-corrected chi connectivity index (χ1v) is 3.08. The molecule has 2 atom stereocenters. The molecule has 0 aromatic heterocycles. The molecule has 0 bridgehead atoms. The van der Waals surface area contributed by atoms with Crippen LogP contribution in [0, 0.1) is 12.3 Å². The molecule has 0 aliphatic rings. The van der Waals surface area contributed by atoms with Crippen LogP contribution in [0.1, 0.15) is 13.3 Å². The second-order valence-electron chi connectivity index (χ2n) is 2.22. The van der Waals surface area contributed by atoms with E-state index in [4.69, 9.17) is 16.6 Å². The van der Waals surface area contributed by atoms with Gasteiger partial charge in [-0.2, -0.15) is 0 Å². The monoisotopic (exact) mass is 140 g/mol. The first-order valence-electron chi connectivity index (χ1n) is 3.08. The molecular weight excluding hydrogens is 128 g/mol. The van der Waals surface area contributed by atoms with E-state index in [1.807, 2.05) is 0 Å². The minimum Gasteiger partial charge on any atom is -0.389 e. The molecule has 0 saturated heterocycles. The molecule has 0 amide bonds. The number of aliphatic hydroxyl groups excluding tert-OH is 2. The third kappa shape index (κ3) is 3.29. The smallest absolute Gasteiger partial charge is 0.118 e. The van der Waals surface area contributed by atoms with Crippen molar-refractivity contribution in [1.29, 1.82) is 0 Å². The van der Waals surface area contributed by atoms with E-state index in [1.54, 1.807) is 6.92 Å². The third-order valence-corrected chi connectivity index (χ3v) is 1.24. The number of aliphatic hydroxyl groups is 2. The van der Waals surface area contributed by atoms with E-state index in [-0.39, 0.29) is 6.42 Å². The van der Waals surface area contributed by atoms with Crippen LogP contribution in [-0.4, -0.2) is 22.4 Å². The summed E-state index contributed by atoms with van der Waals surface area (Å²) in [5, 5.41) is 17.8. The van der Waals surface area contributed by atoms with E-state index in [2.05, 4.69) is 12.5 Å². The Morgan fingerprint density at radius 3 is 2.50 bits per heavy atom. The molecule has 2 heteroatoms. The average Bonchev–Trinajstić information content (AvgIpc) is 1.87. The molecule has 0 aromatic carbocycles. The van der Waals surface area contributed by atoms with Crippen molar-refractivity contribution in [3.05, 3.63) is 12.2 Å². The van der Waals surface area contributed by atoms with Crippen molar-refractivity contribution in [1.82, 2.24) is 0 Å². The van der Waals surface area contributed by atoms with Gasteiger partial charge in [0.05, 0.1) is 6.10 Å². The lowest BCUT2D eigenvalue weighted by Crippen LogP contribution is -2.11. The Labute approximate surface area is 61.2 Å². The Bertz CT molecular complexity index is 153. The van der Waals surface area contributed by atoms with Crippen molar-refractivity contribution in [2.75, 3.05) is 0 Å². The van der Waals surface area contributed by atoms with E-state index in [0.29, 0.717) is 5.57 Å². The number of hydrogen-bond donors (Lipinski definition) is 2. The van der Waals surface area contributed by atoms with Gasteiger partial charge in [-0.25, -0.2) is 0 Å². The Morgan fingerprint density at radius 1 is 1.70 bits per heavy atom. The molecule has 10 heavy (non-hydrogen) atoms. The van der Waals surface area contributed by atoms with Crippen LogP contribution in [0.15, 0.2) is 12.2 Å². The van der Waals surface area contributed by atoms with Gasteiger partial charge in [-0.1, -0.05) is 12.5 Å². The van der Waals surface area contributed by atoms with Gasteiger partial charge in [0.25, 0.3) is 0 Å². The summed E-state index contributed by atoms with van der Waals surface area (Å²) < 4.78 is 0. The van der Waals surface area contributed by atoms with Crippen LogP contribution < -0.4 is 0 Å². The normalized spacial score (nSPS) is 15.4. The highest BCUT2D eigenvalue weighted by Gasteiger charge is 2.06. The maximum Gasteiger partial charge on any atom is 0.118 e. The molecule has 0 radical (unpaired) electrons. The highest BCUT2D eigenvalue weighted by Crippen LogP contribution is 2.06. The Kier molecular flexibility index (Phi) is 3.78. The zero-order valence-corrected chi connectivity index (χ0v) is 6.04. The van der Waals surface area contributed by atoms with Crippen LogP contribution in [0.3, 0.4) is 0 Å². The van der Waals surface area contributed by atoms with Gasteiger partial charge in [0.1, 0.15) is 6.10 Å². The maximum absolute atomic E-state index is 8.89. The van der Waals surface area contributed by atoms with Gasteiger partial charge in [0.15, 0.2) is 0 Å². The first-order chi connectivity index (χ1) is 4.57. The second-order valence-corrected chi connectivity index (χ2v) is 2.22. The van der Waals surface area contributed by atoms with Gasteiger partial charge in [-0.05, 0) is 12.5 Å². The quantitative estimate of drug-likeness (QED) is 0.437. The molecule has 56 valence electrons. The van der Waals surface area contributed by atoms with Crippen LogP contribution >= 0.6 is 0 Å². The molecule has 0 fully saturated rings. The number of terminal acetylenes is 1. The molecule has 2 nitrogen and oxygen atoms in total. The van der Waals surface area contributed by atoms with Crippen LogP contribution in [0.25, 0.3) is 0 Å². The molecule has 0 unspecified atom stereocenters. The lowest BCUT2D eigenvalue weighted by Gasteiger charge is -2.08. The predicted molar refractivity (Wildman–Crippen MR) is 40.3 cm³/mol. The van der Waals surface area contributed by atoms with Gasteiger partial charge in [-0.15, -0.1) is 6.42 Å². The molecule has 0 aliphatic carbocycles. The van der Waals surface area contributed by atoms with Gasteiger partial charge in [0, 0.05) is 6.42 Å². The first kappa shape index (κ1) is 9.22. The van der Waals surface area contributed by atoms with Crippen LogP contribution in [0.4, 0.5) is 0 Å². The number of rotatable bonds is 3. The summed E-state index contributed by atoms with van der Waals surface area (Å²) in [4.78, 5) is 0. The fraction of sp³-hybridized carbons (Fsp3) is 0.500. The van der Waals surface area contributed by atoms with E-state index >= 15 is 0 Å². The van der Waals surface area contributed by atoms with E-state index < -0.39 is 12.2 Å². The fourth-order valence-corrected chi connectivity index (χ4v) is 0.478. The summed E-state index contributed by atoms with van der Waals surface area (Å²) in [6.07, 6.45) is 3.76. The Hall–Kier alpha value is -0.780. The summed E-state index contributed by atoms with van der Waals surface area (Å²) in [7, 11) is 0. The molecule has 0 aromatic rings. The van der Waals surface area contributed by atoms with Gasteiger partial charge in [0.2, 0.25) is 0 Å². The maximum atomic E-state index is 8.89. The highest BCUT2D eigenvalue weighted by atomic mass is 16.3. The van der Waals surface area contributed by atoms with Crippen LogP contribution in [0.5, 0.6) is 0 Å². The Balaban J connectivity index is 3.71. The topological polar surface area (TPSA) is 40.5 Å². The summed E-state index contributed by atoms with van der Waals surface area (Å²) in [5.74, 6) is 2.13. The van der Waals surface area contributed by atoms with Crippen molar-refractivity contribution in [3.63, 3.8) is 0 Å². The summed E-state index contributed by atoms with van der Waals surface area (Å²) >= 11 is 0. The zero-order chi connectivity index (χ0) is 8.15. The lowest BCUT2D eigenvalue weighted by atomic mass is 10.1. The molecule has 0 spiro atoms. The van der Waals surface area contributed by atoms with Crippen molar-refractivity contribution >= 4 is 0 Å². The average molecular weight is 140 g/mol. The summed E-state index contributed by atoms with van der Waals surface area (Å²) in [5.41, 5.74) is 0.561. The zero-order valence-electron chi connectivity index (χ0n) is 6.04. The molecule has 2 N–H and O–H groups in total. The van der Waals surface area contributed by atoms with E-state index in [0.717, 1.165) is 0 Å². The molecular formula is C8H12O2. The molecule has 0 saturated carbocycles. The third-order valence-electron chi connectivity index (χ3n) is 1.24. The van der Waals surface area contributed by atoms with Crippen molar-refractivity contribution in [2.45, 2.75) is 25.6 Å². The summed E-state index contributed by atoms with van der Waals surface area (Å²) in [6, 6.07) is 0. The SMILES string of the molecule is C#C[C@@H](O)CC(=C)[C@@H](C)O.